The molecule has 0 aliphatic carbocycles. The number of hydrogen-bond acceptors (Lipinski definition) is 2. The van der Waals surface area contributed by atoms with Gasteiger partial charge in [-0.3, -0.25) is 4.79 Å². The molecule has 0 atom stereocenters. The summed E-state index contributed by atoms with van der Waals surface area (Å²) >= 11 is 0. The zero-order valence-electron chi connectivity index (χ0n) is 8.71. The Bertz CT molecular complexity index is 323. The van der Waals surface area contributed by atoms with E-state index in [4.69, 9.17) is 5.73 Å². The van der Waals surface area contributed by atoms with E-state index in [1.54, 1.807) is 12.1 Å². The number of hydrogen-bond donors (Lipinski definition) is 1. The number of anilines is 1. The summed E-state index contributed by atoms with van der Waals surface area (Å²) in [5.74, 6) is 0.175. The first-order valence-electron chi connectivity index (χ1n) is 4.78. The third-order valence-corrected chi connectivity index (χ3v) is 3.36. The van der Waals surface area contributed by atoms with Crippen LogP contribution in [0.1, 0.15) is 16.8 Å². The molecule has 14 heavy (non-hydrogen) atoms. The third-order valence-electron chi connectivity index (χ3n) is 2.11. The molecular formula is C11H16NOSi. The van der Waals surface area contributed by atoms with Gasteiger partial charge in [0.1, 0.15) is 0 Å². The number of carbonyl (C=O) groups is 1. The molecule has 2 nitrogen and oxygen atoms in total. The van der Waals surface area contributed by atoms with Crippen molar-refractivity contribution in [2.24, 2.45) is 0 Å². The molecule has 1 radical (unpaired) electrons. The van der Waals surface area contributed by atoms with Crippen LogP contribution >= 0.6 is 0 Å². The van der Waals surface area contributed by atoms with E-state index in [-0.39, 0.29) is 14.6 Å². The van der Waals surface area contributed by atoms with Crippen molar-refractivity contribution in [1.29, 1.82) is 0 Å². The summed E-state index contributed by atoms with van der Waals surface area (Å²) in [4.78, 5) is 11.7. The van der Waals surface area contributed by atoms with Gasteiger partial charge in [-0.05, 0) is 12.1 Å². The van der Waals surface area contributed by atoms with Gasteiger partial charge in [0.05, 0.1) is 0 Å². The van der Waals surface area contributed by atoms with Gasteiger partial charge in [0.2, 0.25) is 0 Å². The summed E-state index contributed by atoms with van der Waals surface area (Å²) in [6.07, 6.45) is 0.634. The summed E-state index contributed by atoms with van der Waals surface area (Å²) in [5.41, 5.74) is 6.99. The normalized spacial score (nSPS) is 10.5. The number of Topliss-reactive ketones (excluding diaryl/α,β-unsaturated/α-hetero) is 1. The lowest BCUT2D eigenvalue weighted by Crippen LogP contribution is -2.07. The summed E-state index contributed by atoms with van der Waals surface area (Å²) < 4.78 is 0. The Morgan fingerprint density at radius 1 is 1.36 bits per heavy atom. The van der Waals surface area contributed by atoms with Gasteiger partial charge in [-0.15, -0.1) is 0 Å². The maximum absolute atomic E-state index is 11.7. The van der Waals surface area contributed by atoms with Gasteiger partial charge in [-0.2, -0.15) is 0 Å². The predicted molar refractivity (Wildman–Crippen MR) is 62.1 cm³/mol. The topological polar surface area (TPSA) is 43.1 Å². The van der Waals surface area contributed by atoms with Crippen molar-refractivity contribution in [1.82, 2.24) is 0 Å². The molecule has 0 aliphatic heterocycles. The van der Waals surface area contributed by atoms with Crippen molar-refractivity contribution in [3.05, 3.63) is 29.8 Å². The average Bonchev–Trinajstić information content (AvgIpc) is 2.15. The molecule has 0 amide bonds. The van der Waals surface area contributed by atoms with E-state index >= 15 is 0 Å². The first-order chi connectivity index (χ1) is 6.61. The Hall–Kier alpha value is -1.09. The highest BCUT2D eigenvalue weighted by Crippen LogP contribution is 2.14. The summed E-state index contributed by atoms with van der Waals surface area (Å²) in [6.45, 7) is 4.43. The third kappa shape index (κ3) is 2.99. The van der Waals surface area contributed by atoms with Crippen LogP contribution < -0.4 is 5.73 Å². The molecule has 0 saturated heterocycles. The highest BCUT2D eigenvalue weighted by molar-refractivity contribution is 6.56. The molecule has 1 rings (SSSR count). The number of ketones is 1. The second-order valence-electron chi connectivity index (χ2n) is 3.72. The summed E-state index contributed by atoms with van der Waals surface area (Å²) in [7, 11) is -0.311. The number of benzene rings is 1. The van der Waals surface area contributed by atoms with Gasteiger partial charge < -0.3 is 5.73 Å². The molecule has 0 spiro atoms. The summed E-state index contributed by atoms with van der Waals surface area (Å²) in [5, 5.41) is 0. The lowest BCUT2D eigenvalue weighted by molar-refractivity contribution is 0.0989. The molecule has 0 aromatic heterocycles. The maximum atomic E-state index is 11.7. The van der Waals surface area contributed by atoms with E-state index < -0.39 is 0 Å². The van der Waals surface area contributed by atoms with Crippen LogP contribution in [0.4, 0.5) is 5.69 Å². The maximum Gasteiger partial charge on any atom is 0.164 e. The molecule has 2 N–H and O–H groups in total. The molecule has 3 heteroatoms. The Labute approximate surface area is 86.7 Å². The second kappa shape index (κ2) is 4.96. The van der Waals surface area contributed by atoms with Crippen molar-refractivity contribution in [2.75, 3.05) is 5.73 Å². The van der Waals surface area contributed by atoms with Gasteiger partial charge in [-0.1, -0.05) is 31.3 Å². The van der Waals surface area contributed by atoms with E-state index in [0.29, 0.717) is 17.7 Å². The zero-order valence-corrected chi connectivity index (χ0v) is 9.71. The SMILES string of the molecule is C[Si](C)CCC(=O)c1ccccc1N. The minimum atomic E-state index is -0.311. The van der Waals surface area contributed by atoms with E-state index in [2.05, 4.69) is 13.1 Å². The van der Waals surface area contributed by atoms with Gasteiger partial charge in [0, 0.05) is 26.5 Å². The lowest BCUT2D eigenvalue weighted by atomic mass is 10.1. The standard InChI is InChI=1S/C11H16NOSi/c1-14(2)8-7-11(13)9-5-3-4-6-10(9)12/h3-6H,7-8,12H2,1-2H3. The number of para-hydroxylation sites is 1. The molecule has 0 fully saturated rings. The molecule has 0 saturated carbocycles. The zero-order chi connectivity index (χ0) is 10.6. The van der Waals surface area contributed by atoms with Crippen molar-refractivity contribution in [2.45, 2.75) is 25.6 Å². The van der Waals surface area contributed by atoms with Crippen LogP contribution in [0.25, 0.3) is 0 Å². The van der Waals surface area contributed by atoms with E-state index in [0.717, 1.165) is 6.04 Å². The largest absolute Gasteiger partial charge is 0.398 e. The van der Waals surface area contributed by atoms with Crippen molar-refractivity contribution >= 4 is 20.3 Å². The molecule has 0 bridgehead atoms. The fourth-order valence-corrected chi connectivity index (χ4v) is 1.98. The van der Waals surface area contributed by atoms with Crippen LogP contribution in [0, 0.1) is 0 Å². The molecule has 0 heterocycles. The molecule has 0 aliphatic rings. The smallest absolute Gasteiger partial charge is 0.164 e. The molecule has 1 aromatic carbocycles. The minimum Gasteiger partial charge on any atom is -0.398 e. The summed E-state index contributed by atoms with van der Waals surface area (Å²) in [6, 6.07) is 8.30. The van der Waals surface area contributed by atoms with Crippen molar-refractivity contribution in [3.63, 3.8) is 0 Å². The number of nitrogen functional groups attached to an aromatic ring is 1. The number of carbonyl (C=O) groups excluding carboxylic acids is 1. The van der Waals surface area contributed by atoms with Crippen LogP contribution in [0.3, 0.4) is 0 Å². The molecular weight excluding hydrogens is 190 g/mol. The van der Waals surface area contributed by atoms with Crippen LogP contribution in [0.5, 0.6) is 0 Å². The Balaban J connectivity index is 2.65. The highest BCUT2D eigenvalue weighted by atomic mass is 28.3. The molecule has 0 unspecified atom stereocenters. The van der Waals surface area contributed by atoms with E-state index in [1.807, 2.05) is 12.1 Å². The van der Waals surface area contributed by atoms with Crippen LogP contribution in [0.2, 0.25) is 19.1 Å². The van der Waals surface area contributed by atoms with Gasteiger partial charge in [-0.25, -0.2) is 0 Å². The highest BCUT2D eigenvalue weighted by Gasteiger charge is 2.09. The fourth-order valence-electron chi connectivity index (χ4n) is 1.25. The minimum absolute atomic E-state index is 0.175. The monoisotopic (exact) mass is 206 g/mol. The second-order valence-corrected chi connectivity index (χ2v) is 6.63. The van der Waals surface area contributed by atoms with Gasteiger partial charge >= 0.3 is 0 Å². The van der Waals surface area contributed by atoms with Gasteiger partial charge in [0.25, 0.3) is 0 Å². The number of rotatable bonds is 4. The van der Waals surface area contributed by atoms with Crippen molar-refractivity contribution in [3.8, 4) is 0 Å². The Morgan fingerprint density at radius 3 is 2.57 bits per heavy atom. The Morgan fingerprint density at radius 2 is 2.00 bits per heavy atom. The first kappa shape index (κ1) is 11.0. The fraction of sp³-hybridized carbons (Fsp3) is 0.364. The average molecular weight is 206 g/mol. The first-order valence-corrected chi connectivity index (χ1v) is 7.48. The lowest BCUT2D eigenvalue weighted by Gasteiger charge is -2.05. The predicted octanol–water partition coefficient (Wildman–Crippen LogP) is 2.60. The quantitative estimate of drug-likeness (QED) is 0.467. The molecule has 1 aromatic rings. The molecule has 75 valence electrons. The van der Waals surface area contributed by atoms with Crippen LogP contribution in [-0.2, 0) is 0 Å². The number of nitrogens with two attached hydrogens (primary N) is 1. The van der Waals surface area contributed by atoms with E-state index in [1.165, 1.54) is 0 Å². The van der Waals surface area contributed by atoms with Gasteiger partial charge in [0.15, 0.2) is 5.78 Å². The van der Waals surface area contributed by atoms with Crippen LogP contribution in [0.15, 0.2) is 24.3 Å². The van der Waals surface area contributed by atoms with Crippen molar-refractivity contribution < 1.29 is 4.79 Å². The Kier molecular flexibility index (Phi) is 3.89. The van der Waals surface area contributed by atoms with E-state index in [9.17, 15) is 4.79 Å². The van der Waals surface area contributed by atoms with Crippen LogP contribution in [-0.4, -0.2) is 14.6 Å².